The zero-order valence-electron chi connectivity index (χ0n) is 37.4. The second-order valence-electron chi connectivity index (χ2n) is 18.7. The van der Waals surface area contributed by atoms with E-state index in [1.807, 2.05) is 0 Å². The van der Waals surface area contributed by atoms with Crippen molar-refractivity contribution in [3.05, 3.63) is 129 Å². The fourth-order valence-electron chi connectivity index (χ4n) is 8.96. The van der Waals surface area contributed by atoms with Gasteiger partial charge in [0.1, 0.15) is 0 Å². The number of rotatable bonds is 8. The van der Waals surface area contributed by atoms with E-state index in [4.69, 9.17) is 17.0 Å². The van der Waals surface area contributed by atoms with Crippen LogP contribution in [0.25, 0.3) is 43.8 Å². The van der Waals surface area contributed by atoms with Crippen LogP contribution in [0, 0.1) is 0 Å². The Bertz CT molecular complexity index is 2040. The molecular formula is C54H69Cl2SiZr. The molecule has 0 fully saturated rings. The molecule has 0 saturated heterocycles. The average Bonchev–Trinajstić information content (AvgIpc) is 4.01. The summed E-state index contributed by atoms with van der Waals surface area (Å²) in [5, 5.41) is 5.85. The summed E-state index contributed by atoms with van der Waals surface area (Å²) in [5.74, 6) is 0. The van der Waals surface area contributed by atoms with Crippen LogP contribution in [0.4, 0.5) is 0 Å². The average molecular weight is 908 g/mol. The molecular weight excluding hydrogens is 839 g/mol. The molecule has 0 spiro atoms. The summed E-state index contributed by atoms with van der Waals surface area (Å²) in [6.45, 7) is 22.7. The summed E-state index contributed by atoms with van der Waals surface area (Å²) >= 11 is -0.826. The molecule has 0 saturated carbocycles. The van der Waals surface area contributed by atoms with Gasteiger partial charge in [-0.1, -0.05) is 176 Å². The van der Waals surface area contributed by atoms with Crippen molar-refractivity contribution in [3.63, 3.8) is 0 Å². The third-order valence-corrected chi connectivity index (χ3v) is 12.0. The van der Waals surface area contributed by atoms with Gasteiger partial charge in [0.05, 0.1) is 0 Å². The van der Waals surface area contributed by atoms with Gasteiger partial charge in [0.2, 0.25) is 0 Å². The Morgan fingerprint density at radius 2 is 0.914 bits per heavy atom. The van der Waals surface area contributed by atoms with E-state index in [1.165, 1.54) is 143 Å². The standard InChI is InChI=1S/2C26H31.C2H7Si.2ClH.Zr/c2*1-5-6-8-18-15-21-17-20-9-7-10-23(20)25(24(21)16-18)19-11-13-22(14-12-19)26(2,3)4;1-3-2;;;/h2*11-17H,5-10H2,1-4H3;3H,1-2H3;2*1H;/q2*-1;;;;+4/p-2. The van der Waals surface area contributed by atoms with Crippen LogP contribution in [0.5, 0.6) is 0 Å². The Balaban J connectivity index is 0.000000195. The van der Waals surface area contributed by atoms with Crippen molar-refractivity contribution in [2.24, 2.45) is 0 Å². The van der Waals surface area contributed by atoms with Crippen LogP contribution in [-0.2, 0) is 70.2 Å². The zero-order chi connectivity index (χ0) is 42.0. The third kappa shape index (κ3) is 11.6. The van der Waals surface area contributed by atoms with E-state index in [-0.39, 0.29) is 10.8 Å². The molecule has 4 heteroatoms. The molecule has 6 aromatic rings. The van der Waals surface area contributed by atoms with Crippen molar-refractivity contribution >= 4 is 48.1 Å². The topological polar surface area (TPSA) is 0 Å². The Labute approximate surface area is 374 Å². The predicted molar refractivity (Wildman–Crippen MR) is 259 cm³/mol. The van der Waals surface area contributed by atoms with Gasteiger partial charge in [-0.3, -0.25) is 0 Å². The van der Waals surface area contributed by atoms with Crippen LogP contribution >= 0.6 is 17.0 Å². The molecule has 0 N–H and O–H groups in total. The molecule has 307 valence electrons. The van der Waals surface area contributed by atoms with Crippen LogP contribution in [0.1, 0.15) is 138 Å². The second kappa shape index (κ2) is 21.5. The zero-order valence-corrected chi connectivity index (χ0v) is 42.5. The van der Waals surface area contributed by atoms with E-state index in [0.29, 0.717) is 0 Å². The molecule has 0 aromatic heterocycles. The van der Waals surface area contributed by atoms with Gasteiger partial charge in [0, 0.05) is 9.52 Å². The van der Waals surface area contributed by atoms with Crippen LogP contribution in [0.2, 0.25) is 13.1 Å². The number of hydrogen-bond donors (Lipinski definition) is 0. The number of halogens is 2. The van der Waals surface area contributed by atoms with Crippen LogP contribution in [0.3, 0.4) is 0 Å². The fraction of sp³-hybridized carbons (Fsp3) is 0.444. The molecule has 0 amide bonds. The number of unbranched alkanes of at least 4 members (excludes halogenated alkanes) is 2. The molecule has 58 heavy (non-hydrogen) atoms. The van der Waals surface area contributed by atoms with Crippen molar-refractivity contribution < 1.29 is 20.8 Å². The van der Waals surface area contributed by atoms with Crippen molar-refractivity contribution in [1.29, 1.82) is 0 Å². The Morgan fingerprint density at radius 1 is 0.569 bits per heavy atom. The normalized spacial score (nSPS) is 13.2. The summed E-state index contributed by atoms with van der Waals surface area (Å²) in [4.78, 5) is 0. The van der Waals surface area contributed by atoms with Crippen molar-refractivity contribution in [1.82, 2.24) is 0 Å². The van der Waals surface area contributed by atoms with E-state index in [0.717, 1.165) is 9.52 Å². The molecule has 2 aliphatic rings. The first kappa shape index (κ1) is 46.8. The molecule has 0 nitrogen and oxygen atoms in total. The van der Waals surface area contributed by atoms with Crippen LogP contribution in [0.15, 0.2) is 84.9 Å². The van der Waals surface area contributed by atoms with E-state index < -0.39 is 20.8 Å². The fourth-order valence-corrected chi connectivity index (χ4v) is 8.96. The van der Waals surface area contributed by atoms with Gasteiger partial charge in [-0.2, -0.15) is 12.1 Å². The van der Waals surface area contributed by atoms with Gasteiger partial charge in [-0.15, -0.1) is 56.9 Å². The molecule has 0 aliphatic heterocycles. The maximum absolute atomic E-state index is 4.93. The first-order valence-electron chi connectivity index (χ1n) is 22.2. The molecule has 0 heterocycles. The summed E-state index contributed by atoms with van der Waals surface area (Å²) in [6, 6.07) is 33.5. The third-order valence-electron chi connectivity index (χ3n) is 12.0. The second-order valence-corrected chi connectivity index (χ2v) is 23.6. The van der Waals surface area contributed by atoms with Crippen LogP contribution < -0.4 is 0 Å². The summed E-state index contributed by atoms with van der Waals surface area (Å²) in [5.41, 5.74) is 18.5. The molecule has 1 radical (unpaired) electrons. The molecule has 8 rings (SSSR count). The Kier molecular flexibility index (Phi) is 17.4. The van der Waals surface area contributed by atoms with Crippen LogP contribution in [-0.4, -0.2) is 9.52 Å². The number of aryl methyl sites for hydroxylation is 4. The van der Waals surface area contributed by atoms with E-state index >= 15 is 0 Å². The van der Waals surface area contributed by atoms with Gasteiger partial charge in [-0.25, -0.2) is 0 Å². The van der Waals surface area contributed by atoms with Crippen molar-refractivity contribution in [2.45, 2.75) is 156 Å². The maximum atomic E-state index is 4.93. The number of benzene rings is 4. The van der Waals surface area contributed by atoms with Gasteiger partial charge in [0.15, 0.2) is 0 Å². The minimum absolute atomic E-state index is 0.208. The summed E-state index contributed by atoms with van der Waals surface area (Å²) in [6.07, 6.45) is 15.1. The van der Waals surface area contributed by atoms with Crippen molar-refractivity contribution in [3.8, 4) is 22.3 Å². The monoisotopic (exact) mass is 905 g/mol. The first-order valence-corrected chi connectivity index (χ1v) is 30.8. The molecule has 2 aliphatic carbocycles. The van der Waals surface area contributed by atoms with E-state index in [9.17, 15) is 0 Å². The summed E-state index contributed by atoms with van der Waals surface area (Å²) in [7, 11) is 10.6. The first-order chi connectivity index (χ1) is 27.8. The Hall–Kier alpha value is -2.22. The predicted octanol–water partition coefficient (Wildman–Crippen LogP) is 16.6. The number of fused-ring (bicyclic) bond motifs is 4. The molecule has 0 bridgehead atoms. The van der Waals surface area contributed by atoms with E-state index in [1.54, 1.807) is 22.3 Å². The van der Waals surface area contributed by atoms with Gasteiger partial charge in [-0.05, 0) is 84.5 Å². The minimum atomic E-state index is -0.826. The SMILES string of the molecule is CCCCc1cc2c(-c3ccc(C(C)(C)C)cc3)c3c(cc2[cH-]1)CCC3.CCCCc1cc2c(-c3ccc(C(C)(C)C)cc3)c3c(cc2[cH-]1)CCC3.C[SiH]C.[Cl][Zr+2][Cl]. The molecule has 0 atom stereocenters. The van der Waals surface area contributed by atoms with Gasteiger partial charge >= 0.3 is 37.9 Å². The Morgan fingerprint density at radius 3 is 1.22 bits per heavy atom. The summed E-state index contributed by atoms with van der Waals surface area (Å²) < 4.78 is 0. The van der Waals surface area contributed by atoms with Gasteiger partial charge in [0.25, 0.3) is 0 Å². The number of hydrogen-bond acceptors (Lipinski definition) is 0. The van der Waals surface area contributed by atoms with Crippen molar-refractivity contribution in [2.75, 3.05) is 0 Å². The quantitative estimate of drug-likeness (QED) is 0.105. The van der Waals surface area contributed by atoms with E-state index in [2.05, 4.69) is 153 Å². The molecule has 0 unspecified atom stereocenters. The van der Waals surface area contributed by atoms with Gasteiger partial charge < -0.3 is 0 Å². The molecule has 6 aromatic carbocycles.